The third kappa shape index (κ3) is 4.60. The predicted octanol–water partition coefficient (Wildman–Crippen LogP) is 4.77. The van der Waals surface area contributed by atoms with Crippen molar-refractivity contribution in [1.82, 2.24) is 0 Å². The van der Waals surface area contributed by atoms with Crippen LogP contribution in [0.2, 0.25) is 0 Å². The number of benzene rings is 2. The maximum Gasteiger partial charge on any atom is 0.573 e. The van der Waals surface area contributed by atoms with Crippen LogP contribution in [0, 0.1) is 0 Å². The van der Waals surface area contributed by atoms with Crippen LogP contribution in [0.1, 0.15) is 15.9 Å². The Labute approximate surface area is 127 Å². The molecule has 0 heterocycles. The normalized spacial score (nSPS) is 11.2. The summed E-state index contributed by atoms with van der Waals surface area (Å²) in [5.41, 5.74) is 0.617. The van der Waals surface area contributed by atoms with E-state index in [1.54, 1.807) is 24.3 Å². The second kappa shape index (κ2) is 6.30. The number of hydrogen-bond donors (Lipinski definition) is 0. The summed E-state index contributed by atoms with van der Waals surface area (Å²) < 4.78 is 41.7. The lowest BCUT2D eigenvalue weighted by atomic mass is 10.0. The minimum absolute atomic E-state index is 0.00231. The van der Waals surface area contributed by atoms with E-state index in [0.717, 1.165) is 10.5 Å². The number of carbonyl (C=O) groups is 1. The van der Waals surface area contributed by atoms with Crippen molar-refractivity contribution >= 4 is 21.7 Å². The standard InChI is InChI=1S/C15H10BrF3O2/c16-11-5-3-4-10(8-11)9-13(20)12-6-1-2-7-14(12)21-15(17,18)19/h1-8H,9H2. The summed E-state index contributed by atoms with van der Waals surface area (Å²) in [6.45, 7) is 0. The van der Waals surface area contributed by atoms with Gasteiger partial charge in [0.2, 0.25) is 0 Å². The van der Waals surface area contributed by atoms with Gasteiger partial charge in [-0.3, -0.25) is 4.79 Å². The molecule has 0 unspecified atom stereocenters. The molecule has 2 aromatic carbocycles. The van der Waals surface area contributed by atoms with Crippen molar-refractivity contribution in [1.29, 1.82) is 0 Å². The lowest BCUT2D eigenvalue weighted by Gasteiger charge is -2.12. The van der Waals surface area contributed by atoms with E-state index in [1.807, 2.05) is 0 Å². The number of rotatable bonds is 4. The molecular weight excluding hydrogens is 349 g/mol. The van der Waals surface area contributed by atoms with E-state index in [2.05, 4.69) is 20.7 Å². The molecule has 0 saturated carbocycles. The molecule has 0 atom stereocenters. The largest absolute Gasteiger partial charge is 0.573 e. The van der Waals surface area contributed by atoms with E-state index in [4.69, 9.17) is 0 Å². The van der Waals surface area contributed by atoms with Gasteiger partial charge in [0.05, 0.1) is 5.56 Å². The number of para-hydroxylation sites is 1. The number of carbonyl (C=O) groups excluding carboxylic acids is 1. The monoisotopic (exact) mass is 358 g/mol. The molecule has 0 N–H and O–H groups in total. The molecule has 110 valence electrons. The number of hydrogen-bond acceptors (Lipinski definition) is 2. The molecule has 0 saturated heterocycles. The van der Waals surface area contributed by atoms with E-state index in [9.17, 15) is 18.0 Å². The summed E-state index contributed by atoms with van der Waals surface area (Å²) in [5.74, 6) is -0.919. The minimum Gasteiger partial charge on any atom is -0.405 e. The van der Waals surface area contributed by atoms with E-state index in [1.165, 1.54) is 18.2 Å². The Balaban J connectivity index is 2.23. The van der Waals surface area contributed by atoms with Crippen molar-refractivity contribution in [2.45, 2.75) is 12.8 Å². The Kier molecular flexibility index (Phi) is 4.67. The van der Waals surface area contributed by atoms with Gasteiger partial charge in [-0.05, 0) is 29.8 Å². The number of Topliss-reactive ketones (excluding diaryl/α,β-unsaturated/α-hetero) is 1. The van der Waals surface area contributed by atoms with Crippen LogP contribution in [0.25, 0.3) is 0 Å². The number of ketones is 1. The van der Waals surface area contributed by atoms with Crippen LogP contribution in [-0.4, -0.2) is 12.1 Å². The van der Waals surface area contributed by atoms with Crippen molar-refractivity contribution < 1.29 is 22.7 Å². The van der Waals surface area contributed by atoms with Crippen LogP contribution < -0.4 is 4.74 Å². The number of alkyl halides is 3. The smallest absolute Gasteiger partial charge is 0.405 e. The summed E-state index contributed by atoms with van der Waals surface area (Å²) in [6, 6.07) is 12.4. The third-order valence-electron chi connectivity index (χ3n) is 2.67. The van der Waals surface area contributed by atoms with Crippen molar-refractivity contribution in [2.24, 2.45) is 0 Å². The molecule has 0 aliphatic heterocycles. The van der Waals surface area contributed by atoms with E-state index >= 15 is 0 Å². The van der Waals surface area contributed by atoms with Crippen molar-refractivity contribution in [3.63, 3.8) is 0 Å². The van der Waals surface area contributed by atoms with Gasteiger partial charge in [-0.1, -0.05) is 40.2 Å². The lowest BCUT2D eigenvalue weighted by Crippen LogP contribution is -2.19. The van der Waals surface area contributed by atoms with Crippen LogP contribution in [0.3, 0.4) is 0 Å². The average Bonchev–Trinajstić information content (AvgIpc) is 2.37. The lowest BCUT2D eigenvalue weighted by molar-refractivity contribution is -0.274. The summed E-state index contributed by atoms with van der Waals surface area (Å²) in [4.78, 5) is 12.2. The maximum absolute atomic E-state index is 12.3. The molecule has 0 aliphatic rings. The first-order valence-electron chi connectivity index (χ1n) is 5.97. The van der Waals surface area contributed by atoms with Gasteiger partial charge in [0.25, 0.3) is 0 Å². The third-order valence-corrected chi connectivity index (χ3v) is 3.16. The highest BCUT2D eigenvalue weighted by atomic mass is 79.9. The fraction of sp³-hybridized carbons (Fsp3) is 0.133. The highest BCUT2D eigenvalue weighted by molar-refractivity contribution is 9.10. The fourth-order valence-corrected chi connectivity index (χ4v) is 2.28. The first kappa shape index (κ1) is 15.6. The fourth-order valence-electron chi connectivity index (χ4n) is 1.84. The average molecular weight is 359 g/mol. The highest BCUT2D eigenvalue weighted by Crippen LogP contribution is 2.27. The minimum atomic E-state index is -4.83. The molecule has 21 heavy (non-hydrogen) atoms. The predicted molar refractivity (Wildman–Crippen MR) is 75.3 cm³/mol. The van der Waals surface area contributed by atoms with Crippen molar-refractivity contribution in [3.8, 4) is 5.75 Å². The molecule has 0 radical (unpaired) electrons. The van der Waals surface area contributed by atoms with Gasteiger partial charge in [-0.2, -0.15) is 0 Å². The van der Waals surface area contributed by atoms with Gasteiger partial charge < -0.3 is 4.74 Å². The Hall–Kier alpha value is -1.82. The second-order valence-corrected chi connectivity index (χ2v) is 5.19. The Morgan fingerprint density at radius 1 is 1.10 bits per heavy atom. The summed E-state index contributed by atoms with van der Waals surface area (Å²) >= 11 is 3.28. The van der Waals surface area contributed by atoms with Crippen LogP contribution in [0.15, 0.2) is 53.0 Å². The van der Waals surface area contributed by atoms with Crippen LogP contribution in [-0.2, 0) is 6.42 Å². The molecular formula is C15H10BrF3O2. The molecule has 0 spiro atoms. The van der Waals surface area contributed by atoms with Crippen molar-refractivity contribution in [2.75, 3.05) is 0 Å². The van der Waals surface area contributed by atoms with Gasteiger partial charge in [0.1, 0.15) is 5.75 Å². The van der Waals surface area contributed by atoms with Gasteiger partial charge >= 0.3 is 6.36 Å². The Bertz CT molecular complexity index is 653. The van der Waals surface area contributed by atoms with Gasteiger partial charge in [0, 0.05) is 10.9 Å². The number of ether oxygens (including phenoxy) is 1. The molecule has 2 rings (SSSR count). The van der Waals surface area contributed by atoms with E-state index in [0.29, 0.717) is 5.56 Å². The van der Waals surface area contributed by atoms with Crippen LogP contribution >= 0.6 is 15.9 Å². The van der Waals surface area contributed by atoms with E-state index < -0.39 is 17.9 Å². The Morgan fingerprint density at radius 2 is 1.81 bits per heavy atom. The molecule has 0 aromatic heterocycles. The zero-order chi connectivity index (χ0) is 15.5. The topological polar surface area (TPSA) is 26.3 Å². The molecule has 2 nitrogen and oxygen atoms in total. The SMILES string of the molecule is O=C(Cc1cccc(Br)c1)c1ccccc1OC(F)(F)F. The zero-order valence-corrected chi connectivity index (χ0v) is 12.2. The van der Waals surface area contributed by atoms with Gasteiger partial charge in [-0.15, -0.1) is 13.2 Å². The first-order valence-corrected chi connectivity index (χ1v) is 6.77. The summed E-state index contributed by atoms with van der Waals surface area (Å²) in [6.07, 6.45) is -4.83. The van der Waals surface area contributed by atoms with E-state index in [-0.39, 0.29) is 12.0 Å². The molecule has 0 aliphatic carbocycles. The molecule has 2 aromatic rings. The van der Waals surface area contributed by atoms with Crippen molar-refractivity contribution in [3.05, 3.63) is 64.1 Å². The molecule has 6 heteroatoms. The maximum atomic E-state index is 12.3. The summed E-state index contributed by atoms with van der Waals surface area (Å²) in [7, 11) is 0. The van der Waals surface area contributed by atoms with Gasteiger partial charge in [-0.25, -0.2) is 0 Å². The second-order valence-electron chi connectivity index (χ2n) is 4.27. The highest BCUT2D eigenvalue weighted by Gasteiger charge is 2.32. The Morgan fingerprint density at radius 3 is 2.48 bits per heavy atom. The van der Waals surface area contributed by atoms with Crippen LogP contribution in [0.5, 0.6) is 5.75 Å². The molecule has 0 fully saturated rings. The van der Waals surface area contributed by atoms with Crippen LogP contribution in [0.4, 0.5) is 13.2 Å². The first-order chi connectivity index (χ1) is 9.85. The zero-order valence-electron chi connectivity index (χ0n) is 10.7. The molecule has 0 amide bonds. The van der Waals surface area contributed by atoms with Gasteiger partial charge in [0.15, 0.2) is 5.78 Å². The summed E-state index contributed by atoms with van der Waals surface area (Å²) in [5, 5.41) is 0. The molecule has 0 bridgehead atoms. The quantitative estimate of drug-likeness (QED) is 0.735. The number of halogens is 4.